The van der Waals surface area contributed by atoms with Gasteiger partial charge in [0.2, 0.25) is 0 Å². The molecule has 6 nitrogen and oxygen atoms in total. The van der Waals surface area contributed by atoms with Crippen molar-refractivity contribution in [3.8, 4) is 0 Å². The highest BCUT2D eigenvalue weighted by molar-refractivity contribution is 6.02. The van der Waals surface area contributed by atoms with Gasteiger partial charge in [-0.3, -0.25) is 9.78 Å². The Kier molecular flexibility index (Phi) is 4.16. The van der Waals surface area contributed by atoms with Crippen molar-refractivity contribution in [1.29, 1.82) is 0 Å². The number of aromatic nitrogens is 1. The van der Waals surface area contributed by atoms with Gasteiger partial charge >= 0.3 is 0 Å². The Balaban J connectivity index is 1.90. The van der Waals surface area contributed by atoms with Crippen LogP contribution in [0.4, 0.5) is 10.1 Å². The van der Waals surface area contributed by atoms with E-state index < -0.39 is 11.4 Å². The van der Waals surface area contributed by atoms with E-state index in [1.165, 1.54) is 18.3 Å². The summed E-state index contributed by atoms with van der Waals surface area (Å²) in [6.07, 6.45) is 2.02. The van der Waals surface area contributed by atoms with Crippen LogP contribution in [-0.2, 0) is 10.3 Å². The molecule has 24 heavy (non-hydrogen) atoms. The summed E-state index contributed by atoms with van der Waals surface area (Å²) in [5, 5.41) is 2.71. The Morgan fingerprint density at radius 2 is 2.21 bits per heavy atom. The zero-order valence-corrected chi connectivity index (χ0v) is 13.1. The maximum Gasteiger partial charge on any atom is 0.282 e. The molecule has 1 aromatic carbocycles. The van der Waals surface area contributed by atoms with Crippen LogP contribution in [0.5, 0.6) is 0 Å². The van der Waals surface area contributed by atoms with E-state index in [4.69, 9.17) is 10.5 Å². The number of benzene rings is 1. The lowest BCUT2D eigenvalue weighted by Crippen LogP contribution is -2.34. The average Bonchev–Trinajstić information content (AvgIpc) is 2.57. The SMILES string of the molecule is C[C@@]1(c2cc(NC(=O)c3ccccn3)ccc2F)CCOC(N)=N1. The standard InChI is InChI=1S/C17H17FN4O2/c1-17(7-9-24-16(19)22-17)12-10-11(5-6-13(12)18)21-15(23)14-4-2-3-8-20-14/h2-6,8,10H,7,9H2,1H3,(H2,19,22)(H,21,23)/t17-/m0/s1. The predicted molar refractivity (Wildman–Crippen MR) is 88.1 cm³/mol. The lowest BCUT2D eigenvalue weighted by atomic mass is 9.88. The van der Waals surface area contributed by atoms with Gasteiger partial charge < -0.3 is 15.8 Å². The number of hydrogen-bond acceptors (Lipinski definition) is 5. The third-order valence-corrected chi connectivity index (χ3v) is 3.90. The van der Waals surface area contributed by atoms with Crippen molar-refractivity contribution in [2.24, 2.45) is 10.7 Å². The van der Waals surface area contributed by atoms with Crippen molar-refractivity contribution in [3.05, 3.63) is 59.7 Å². The van der Waals surface area contributed by atoms with Crippen molar-refractivity contribution in [1.82, 2.24) is 4.98 Å². The Bertz CT molecular complexity index is 794. The molecule has 2 heterocycles. The number of nitrogens with zero attached hydrogens (tertiary/aromatic N) is 2. The molecule has 7 heteroatoms. The van der Waals surface area contributed by atoms with Crippen molar-refractivity contribution in [3.63, 3.8) is 0 Å². The number of anilines is 1. The first-order chi connectivity index (χ1) is 11.5. The molecule has 0 radical (unpaired) electrons. The van der Waals surface area contributed by atoms with Crippen LogP contribution >= 0.6 is 0 Å². The number of amidine groups is 1. The first-order valence-corrected chi connectivity index (χ1v) is 7.48. The molecule has 0 aliphatic carbocycles. The monoisotopic (exact) mass is 328 g/mol. The highest BCUT2D eigenvalue weighted by Crippen LogP contribution is 2.35. The zero-order chi connectivity index (χ0) is 17.2. The van der Waals surface area contributed by atoms with Gasteiger partial charge in [-0.05, 0) is 37.3 Å². The molecule has 1 amide bonds. The topological polar surface area (TPSA) is 89.6 Å². The van der Waals surface area contributed by atoms with Crippen molar-refractivity contribution in [2.45, 2.75) is 18.9 Å². The molecule has 0 unspecified atom stereocenters. The number of carbonyl (C=O) groups excluding carboxylic acids is 1. The fourth-order valence-electron chi connectivity index (χ4n) is 2.59. The molecule has 0 spiro atoms. The summed E-state index contributed by atoms with van der Waals surface area (Å²) < 4.78 is 19.4. The van der Waals surface area contributed by atoms with Crippen LogP contribution in [0, 0.1) is 5.82 Å². The Morgan fingerprint density at radius 3 is 2.92 bits per heavy atom. The number of aliphatic imine (C=N–C) groups is 1. The molecule has 0 bridgehead atoms. The quantitative estimate of drug-likeness (QED) is 0.905. The van der Waals surface area contributed by atoms with E-state index in [0.717, 1.165) is 0 Å². The number of nitrogens with two attached hydrogens (primary N) is 1. The normalized spacial score (nSPS) is 20.0. The molecular formula is C17H17FN4O2. The largest absolute Gasteiger partial charge is 0.465 e. The van der Waals surface area contributed by atoms with Crippen LogP contribution in [0.1, 0.15) is 29.4 Å². The minimum atomic E-state index is -0.835. The smallest absolute Gasteiger partial charge is 0.282 e. The summed E-state index contributed by atoms with van der Waals surface area (Å²) in [7, 11) is 0. The molecule has 0 fully saturated rings. The molecule has 1 aliphatic heterocycles. The van der Waals surface area contributed by atoms with Crippen LogP contribution in [-0.4, -0.2) is 23.5 Å². The number of amides is 1. The second-order valence-electron chi connectivity index (χ2n) is 5.69. The number of carbonyl (C=O) groups is 1. The lowest BCUT2D eigenvalue weighted by molar-refractivity contribution is 0.102. The summed E-state index contributed by atoms with van der Waals surface area (Å²) in [6, 6.07) is 9.44. The van der Waals surface area contributed by atoms with Gasteiger partial charge in [0, 0.05) is 23.9 Å². The first-order valence-electron chi connectivity index (χ1n) is 7.48. The number of ether oxygens (including phenoxy) is 1. The summed E-state index contributed by atoms with van der Waals surface area (Å²) in [6.45, 7) is 2.14. The van der Waals surface area contributed by atoms with E-state index in [1.807, 2.05) is 0 Å². The minimum Gasteiger partial charge on any atom is -0.465 e. The molecule has 1 aromatic heterocycles. The zero-order valence-electron chi connectivity index (χ0n) is 13.1. The highest BCUT2D eigenvalue weighted by atomic mass is 19.1. The maximum atomic E-state index is 14.3. The number of halogens is 1. The van der Waals surface area contributed by atoms with E-state index in [-0.39, 0.29) is 17.6 Å². The molecule has 3 rings (SSSR count). The Hall–Kier alpha value is -2.96. The molecule has 2 aromatic rings. The van der Waals surface area contributed by atoms with Gasteiger partial charge in [-0.25, -0.2) is 9.38 Å². The van der Waals surface area contributed by atoms with Gasteiger partial charge in [-0.2, -0.15) is 0 Å². The predicted octanol–water partition coefficient (Wildman–Crippen LogP) is 2.42. The number of pyridine rings is 1. The van der Waals surface area contributed by atoms with Crippen LogP contribution < -0.4 is 11.1 Å². The van der Waals surface area contributed by atoms with E-state index in [0.29, 0.717) is 24.3 Å². The minimum absolute atomic E-state index is 0.0334. The fourth-order valence-corrected chi connectivity index (χ4v) is 2.59. The van der Waals surface area contributed by atoms with Gasteiger partial charge in [0.15, 0.2) is 0 Å². The Morgan fingerprint density at radius 1 is 1.38 bits per heavy atom. The van der Waals surface area contributed by atoms with E-state index in [1.54, 1.807) is 31.2 Å². The van der Waals surface area contributed by atoms with Crippen molar-refractivity contribution >= 4 is 17.6 Å². The number of hydrogen-bond donors (Lipinski definition) is 2. The van der Waals surface area contributed by atoms with Crippen LogP contribution in [0.15, 0.2) is 47.6 Å². The molecule has 1 atom stereocenters. The fraction of sp³-hybridized carbons (Fsp3) is 0.235. The highest BCUT2D eigenvalue weighted by Gasteiger charge is 2.33. The Labute approximate surface area is 138 Å². The van der Waals surface area contributed by atoms with E-state index >= 15 is 0 Å². The van der Waals surface area contributed by atoms with Crippen LogP contribution in [0.2, 0.25) is 0 Å². The van der Waals surface area contributed by atoms with Gasteiger partial charge in [-0.1, -0.05) is 6.07 Å². The second kappa shape index (κ2) is 6.27. The van der Waals surface area contributed by atoms with Gasteiger partial charge in [0.25, 0.3) is 11.9 Å². The van der Waals surface area contributed by atoms with Crippen LogP contribution in [0.25, 0.3) is 0 Å². The first kappa shape index (κ1) is 15.9. The molecule has 0 saturated heterocycles. The summed E-state index contributed by atoms with van der Waals surface area (Å²) in [5.74, 6) is -0.778. The molecule has 0 saturated carbocycles. The third-order valence-electron chi connectivity index (χ3n) is 3.90. The lowest BCUT2D eigenvalue weighted by Gasteiger charge is -2.30. The van der Waals surface area contributed by atoms with Crippen molar-refractivity contribution < 1.29 is 13.9 Å². The third kappa shape index (κ3) is 3.19. The number of nitrogens with one attached hydrogen (secondary N) is 1. The molecule has 124 valence electrons. The van der Waals surface area contributed by atoms with Gasteiger partial charge in [0.1, 0.15) is 11.5 Å². The van der Waals surface area contributed by atoms with Gasteiger partial charge in [0.05, 0.1) is 12.1 Å². The van der Waals surface area contributed by atoms with Crippen LogP contribution in [0.3, 0.4) is 0 Å². The number of rotatable bonds is 3. The summed E-state index contributed by atoms with van der Waals surface area (Å²) in [5.41, 5.74) is 5.88. The molecular weight excluding hydrogens is 311 g/mol. The summed E-state index contributed by atoms with van der Waals surface area (Å²) in [4.78, 5) is 20.4. The van der Waals surface area contributed by atoms with E-state index in [9.17, 15) is 9.18 Å². The van der Waals surface area contributed by atoms with Crippen molar-refractivity contribution in [2.75, 3.05) is 11.9 Å². The van der Waals surface area contributed by atoms with Gasteiger partial charge in [-0.15, -0.1) is 0 Å². The molecule has 3 N–H and O–H groups in total. The second-order valence-corrected chi connectivity index (χ2v) is 5.69. The maximum absolute atomic E-state index is 14.3. The van der Waals surface area contributed by atoms with E-state index in [2.05, 4.69) is 15.3 Å². The average molecular weight is 328 g/mol. The molecule has 1 aliphatic rings. The summed E-state index contributed by atoms with van der Waals surface area (Å²) >= 11 is 0.